The van der Waals surface area contributed by atoms with Crippen LogP contribution in [0, 0.1) is 34.5 Å². The molecular formula is C43H68. The molecule has 0 heteroatoms. The number of hydrogen-bond donors (Lipinski definition) is 0. The maximum atomic E-state index is 2.73. The number of benzene rings is 2. The monoisotopic (exact) mass is 585 g/mol. The smallest absolute Gasteiger partial charge is 0.00229 e. The van der Waals surface area contributed by atoms with Crippen LogP contribution in [-0.2, 0) is 25.7 Å². The zero-order valence-electron chi connectivity index (χ0n) is 29.6. The van der Waals surface area contributed by atoms with Crippen molar-refractivity contribution in [2.24, 2.45) is 34.5 Å². The van der Waals surface area contributed by atoms with Gasteiger partial charge in [-0.15, -0.1) is 0 Å². The van der Waals surface area contributed by atoms with Crippen LogP contribution in [-0.4, -0.2) is 0 Å². The Morgan fingerprint density at radius 1 is 0.674 bits per heavy atom. The van der Waals surface area contributed by atoms with E-state index in [0.717, 1.165) is 30.1 Å². The van der Waals surface area contributed by atoms with Gasteiger partial charge >= 0.3 is 0 Å². The molecule has 0 amide bonds. The van der Waals surface area contributed by atoms with Gasteiger partial charge in [0.2, 0.25) is 0 Å². The maximum Gasteiger partial charge on any atom is -0.00229 e. The molecule has 0 aliphatic heterocycles. The third-order valence-corrected chi connectivity index (χ3v) is 12.7. The summed E-state index contributed by atoms with van der Waals surface area (Å²) < 4.78 is 0. The molecule has 2 aromatic rings. The van der Waals surface area contributed by atoms with Crippen molar-refractivity contribution in [2.75, 3.05) is 0 Å². The van der Waals surface area contributed by atoms with Crippen LogP contribution in [0.5, 0.6) is 0 Å². The van der Waals surface area contributed by atoms with Gasteiger partial charge in [-0.2, -0.15) is 0 Å². The Morgan fingerprint density at radius 2 is 1.42 bits per heavy atom. The Kier molecular flexibility index (Phi) is 12.9. The van der Waals surface area contributed by atoms with Crippen molar-refractivity contribution in [3.8, 4) is 0 Å². The van der Waals surface area contributed by atoms with Gasteiger partial charge < -0.3 is 0 Å². The van der Waals surface area contributed by atoms with Crippen LogP contribution in [0.4, 0.5) is 0 Å². The third-order valence-electron chi connectivity index (χ3n) is 12.7. The van der Waals surface area contributed by atoms with Crippen molar-refractivity contribution >= 4 is 0 Å². The van der Waals surface area contributed by atoms with E-state index in [9.17, 15) is 0 Å². The normalized spacial score (nSPS) is 29.6. The van der Waals surface area contributed by atoms with Gasteiger partial charge in [-0.25, -0.2) is 0 Å². The third kappa shape index (κ3) is 8.58. The van der Waals surface area contributed by atoms with E-state index in [4.69, 9.17) is 0 Å². The van der Waals surface area contributed by atoms with Crippen LogP contribution in [0.1, 0.15) is 166 Å². The van der Waals surface area contributed by atoms with Crippen molar-refractivity contribution in [1.82, 2.24) is 0 Å². The second-order valence-corrected chi connectivity index (χ2v) is 15.8. The van der Waals surface area contributed by atoms with E-state index in [1.165, 1.54) is 120 Å². The van der Waals surface area contributed by atoms with Crippen molar-refractivity contribution < 1.29 is 0 Å². The molecular weight excluding hydrogens is 516 g/mol. The van der Waals surface area contributed by atoms with Gasteiger partial charge in [0.1, 0.15) is 0 Å². The minimum absolute atomic E-state index is 0.499. The fourth-order valence-electron chi connectivity index (χ4n) is 9.96. The first-order valence-electron chi connectivity index (χ1n) is 19.0. The Hall–Kier alpha value is -1.56. The van der Waals surface area contributed by atoms with Crippen molar-refractivity contribution in [3.05, 3.63) is 70.3 Å². The summed E-state index contributed by atoms with van der Waals surface area (Å²) >= 11 is 0. The standard InChI is InChI=1S/C43H68/c1-8-15-33-19-13-20-35(27-33)28-38-23-22-36(29-37(38)17-10-3)30-39-24-25-40(41(39)18-11-4)32-43(7)26-14-21-34(16-9-2)31-42(43,6)12-5/h13,19-20,22-23,27,29,34,39-41H,8-12,14-18,21,24-26,28,30-32H2,1-7H3. The van der Waals surface area contributed by atoms with Crippen LogP contribution in [0.3, 0.4) is 0 Å². The summed E-state index contributed by atoms with van der Waals surface area (Å²) in [6, 6.07) is 17.0. The molecule has 0 aromatic heterocycles. The summed E-state index contributed by atoms with van der Waals surface area (Å²) in [6.07, 6.45) is 24.4. The zero-order valence-corrected chi connectivity index (χ0v) is 29.6. The lowest BCUT2D eigenvalue weighted by molar-refractivity contribution is 0.0113. The highest BCUT2D eigenvalue weighted by Gasteiger charge is 2.48. The lowest BCUT2D eigenvalue weighted by Crippen LogP contribution is -2.39. The molecule has 0 heterocycles. The molecule has 2 saturated carbocycles. The summed E-state index contributed by atoms with van der Waals surface area (Å²) in [5.41, 5.74) is 8.73. The van der Waals surface area contributed by atoms with Gasteiger partial charge in [0, 0.05) is 0 Å². The van der Waals surface area contributed by atoms with Crippen LogP contribution < -0.4 is 0 Å². The summed E-state index contributed by atoms with van der Waals surface area (Å²) in [5, 5.41) is 0. The quantitative estimate of drug-likeness (QED) is 0.183. The minimum atomic E-state index is 0.499. The van der Waals surface area contributed by atoms with E-state index in [2.05, 4.69) is 90.9 Å². The van der Waals surface area contributed by atoms with E-state index in [-0.39, 0.29) is 0 Å². The van der Waals surface area contributed by atoms with Gasteiger partial charge in [-0.3, -0.25) is 0 Å². The predicted molar refractivity (Wildman–Crippen MR) is 190 cm³/mol. The first kappa shape index (κ1) is 34.3. The number of rotatable bonds is 15. The van der Waals surface area contributed by atoms with Gasteiger partial charge in [0.15, 0.2) is 0 Å². The van der Waals surface area contributed by atoms with Crippen molar-refractivity contribution in [1.29, 1.82) is 0 Å². The van der Waals surface area contributed by atoms with Gasteiger partial charge in [0.05, 0.1) is 0 Å². The zero-order chi connectivity index (χ0) is 30.9. The second kappa shape index (κ2) is 16.1. The highest BCUT2D eigenvalue weighted by Crippen LogP contribution is 2.59. The summed E-state index contributed by atoms with van der Waals surface area (Å²) in [5.74, 6) is 3.66. The molecule has 2 fully saturated rings. The molecule has 6 atom stereocenters. The van der Waals surface area contributed by atoms with Gasteiger partial charge in [0.25, 0.3) is 0 Å². The predicted octanol–water partition coefficient (Wildman–Crippen LogP) is 13.0. The van der Waals surface area contributed by atoms with Crippen molar-refractivity contribution in [2.45, 2.75) is 164 Å². The minimum Gasteiger partial charge on any atom is -0.0654 e. The molecule has 2 aliphatic rings. The van der Waals surface area contributed by atoms with Gasteiger partial charge in [-0.05, 0) is 120 Å². The molecule has 0 N–H and O–H groups in total. The molecule has 6 unspecified atom stereocenters. The fraction of sp³-hybridized carbons (Fsp3) is 0.721. The lowest BCUT2D eigenvalue weighted by atomic mass is 9.56. The first-order chi connectivity index (χ1) is 20.8. The van der Waals surface area contributed by atoms with Crippen LogP contribution in [0.2, 0.25) is 0 Å². The Morgan fingerprint density at radius 3 is 2.14 bits per heavy atom. The lowest BCUT2D eigenvalue weighted by Gasteiger charge is -2.49. The SMILES string of the molecule is CCCc1cccc(Cc2ccc(CC3CCC(CC4(C)CCCC(CCC)CC4(C)CC)C3CCC)cc2CCC)c1. The van der Waals surface area contributed by atoms with Gasteiger partial charge in [-0.1, -0.05) is 149 Å². The summed E-state index contributed by atoms with van der Waals surface area (Å²) in [7, 11) is 0. The fourth-order valence-corrected chi connectivity index (χ4v) is 9.96. The van der Waals surface area contributed by atoms with E-state index < -0.39 is 0 Å². The largest absolute Gasteiger partial charge is 0.0654 e. The molecule has 0 radical (unpaired) electrons. The molecule has 0 nitrogen and oxygen atoms in total. The summed E-state index contributed by atoms with van der Waals surface area (Å²) in [4.78, 5) is 0. The molecule has 240 valence electrons. The molecule has 0 bridgehead atoms. The molecule has 0 spiro atoms. The molecule has 2 aliphatic carbocycles. The van der Waals surface area contributed by atoms with Crippen LogP contribution >= 0.6 is 0 Å². The Labute approximate surface area is 268 Å². The topological polar surface area (TPSA) is 0 Å². The van der Waals surface area contributed by atoms with Crippen LogP contribution in [0.25, 0.3) is 0 Å². The highest BCUT2D eigenvalue weighted by atomic mass is 14.5. The number of hydrogen-bond acceptors (Lipinski definition) is 0. The van der Waals surface area contributed by atoms with Crippen LogP contribution in [0.15, 0.2) is 42.5 Å². The molecule has 0 saturated heterocycles. The second-order valence-electron chi connectivity index (χ2n) is 15.8. The molecule has 43 heavy (non-hydrogen) atoms. The number of aryl methyl sites for hydroxylation is 2. The maximum absolute atomic E-state index is 2.73. The molecule has 4 rings (SSSR count). The summed E-state index contributed by atoms with van der Waals surface area (Å²) in [6.45, 7) is 17.4. The van der Waals surface area contributed by atoms with E-state index >= 15 is 0 Å². The van der Waals surface area contributed by atoms with E-state index in [0.29, 0.717) is 10.8 Å². The Balaban J connectivity index is 1.49. The van der Waals surface area contributed by atoms with E-state index in [1.807, 2.05) is 0 Å². The highest BCUT2D eigenvalue weighted by molar-refractivity contribution is 5.37. The van der Waals surface area contributed by atoms with E-state index in [1.54, 1.807) is 16.7 Å². The average molecular weight is 585 g/mol. The average Bonchev–Trinajstić information content (AvgIpc) is 3.28. The molecule has 2 aromatic carbocycles. The van der Waals surface area contributed by atoms with Crippen molar-refractivity contribution in [3.63, 3.8) is 0 Å². The first-order valence-corrected chi connectivity index (χ1v) is 19.0. The Bertz CT molecular complexity index is 1110.